The molecule has 0 atom stereocenters. The van der Waals surface area contributed by atoms with E-state index < -0.39 is 23.6 Å². The summed E-state index contributed by atoms with van der Waals surface area (Å²) in [4.78, 5) is 22.8. The molecule has 1 rings (SSSR count). The van der Waals surface area contributed by atoms with Gasteiger partial charge in [-0.05, 0) is 18.2 Å². The fraction of sp³-hybridized carbons (Fsp3) is 0.333. The molecule has 0 radical (unpaired) electrons. The number of halogens is 3. The molecule has 104 valence electrons. The monoisotopic (exact) mass is 275 g/mol. The lowest BCUT2D eigenvalue weighted by Crippen LogP contribution is -2.31. The van der Waals surface area contributed by atoms with Crippen LogP contribution >= 0.6 is 0 Å². The Morgan fingerprint density at radius 3 is 2.42 bits per heavy atom. The van der Waals surface area contributed by atoms with Crippen molar-refractivity contribution in [2.75, 3.05) is 11.4 Å². The second-order valence-corrected chi connectivity index (χ2v) is 3.86. The second kappa shape index (κ2) is 5.73. The fourth-order valence-corrected chi connectivity index (χ4v) is 1.53. The van der Waals surface area contributed by atoms with Crippen LogP contribution in [0.15, 0.2) is 24.3 Å². The normalized spacial score (nSPS) is 11.2. The third-order valence-corrected chi connectivity index (χ3v) is 2.41. The molecular formula is C12H12F3NO3. The van der Waals surface area contributed by atoms with Crippen molar-refractivity contribution in [3.05, 3.63) is 29.8 Å². The SMILES string of the molecule is CC(=O)N(CCC(=O)O)c1cccc(C(F)(F)F)c1. The number of carbonyl (C=O) groups excluding carboxylic acids is 1. The van der Waals surface area contributed by atoms with Crippen molar-refractivity contribution < 1.29 is 27.9 Å². The van der Waals surface area contributed by atoms with Crippen LogP contribution < -0.4 is 4.90 Å². The average Bonchev–Trinajstić information content (AvgIpc) is 2.27. The molecule has 1 N–H and O–H groups in total. The van der Waals surface area contributed by atoms with E-state index in [1.54, 1.807) is 0 Å². The van der Waals surface area contributed by atoms with Crippen molar-refractivity contribution in [3.8, 4) is 0 Å². The summed E-state index contributed by atoms with van der Waals surface area (Å²) in [6, 6.07) is 4.22. The Morgan fingerprint density at radius 2 is 1.95 bits per heavy atom. The number of rotatable bonds is 4. The molecule has 0 fully saturated rings. The van der Waals surface area contributed by atoms with E-state index in [0.717, 1.165) is 17.0 Å². The minimum absolute atomic E-state index is 0.0311. The third-order valence-electron chi connectivity index (χ3n) is 2.41. The van der Waals surface area contributed by atoms with Crippen LogP contribution in [0.4, 0.5) is 18.9 Å². The van der Waals surface area contributed by atoms with Crippen LogP contribution in [0.1, 0.15) is 18.9 Å². The van der Waals surface area contributed by atoms with Gasteiger partial charge >= 0.3 is 12.1 Å². The first-order chi connectivity index (χ1) is 8.71. The Kier molecular flexibility index (Phi) is 4.52. The maximum atomic E-state index is 12.5. The van der Waals surface area contributed by atoms with Gasteiger partial charge in [-0.3, -0.25) is 9.59 Å². The summed E-state index contributed by atoms with van der Waals surface area (Å²) in [6.45, 7) is 0.994. The predicted octanol–water partition coefficient (Wildman–Crippen LogP) is 2.53. The number of anilines is 1. The molecule has 0 spiro atoms. The van der Waals surface area contributed by atoms with E-state index in [-0.39, 0.29) is 18.7 Å². The lowest BCUT2D eigenvalue weighted by atomic mass is 10.1. The van der Waals surface area contributed by atoms with Crippen LogP contribution in [0.3, 0.4) is 0 Å². The highest BCUT2D eigenvalue weighted by Gasteiger charge is 2.31. The molecular weight excluding hydrogens is 263 g/mol. The van der Waals surface area contributed by atoms with Gasteiger partial charge in [0.25, 0.3) is 0 Å². The van der Waals surface area contributed by atoms with Crippen LogP contribution in [0.2, 0.25) is 0 Å². The molecule has 0 aromatic heterocycles. The van der Waals surface area contributed by atoms with Gasteiger partial charge in [0.15, 0.2) is 0 Å². The first kappa shape index (κ1) is 15.0. The third kappa shape index (κ3) is 4.27. The van der Waals surface area contributed by atoms with Gasteiger partial charge < -0.3 is 10.0 Å². The predicted molar refractivity (Wildman–Crippen MR) is 61.7 cm³/mol. The minimum atomic E-state index is -4.51. The van der Waals surface area contributed by atoms with Crippen molar-refractivity contribution in [1.29, 1.82) is 0 Å². The Morgan fingerprint density at radius 1 is 1.32 bits per heavy atom. The molecule has 1 aromatic rings. The highest BCUT2D eigenvalue weighted by molar-refractivity contribution is 5.92. The highest BCUT2D eigenvalue weighted by atomic mass is 19.4. The molecule has 4 nitrogen and oxygen atoms in total. The van der Waals surface area contributed by atoms with Gasteiger partial charge in [0, 0.05) is 19.2 Å². The van der Waals surface area contributed by atoms with E-state index >= 15 is 0 Å². The number of amides is 1. The van der Waals surface area contributed by atoms with Crippen LogP contribution in [0.5, 0.6) is 0 Å². The van der Waals surface area contributed by atoms with Crippen molar-refractivity contribution in [2.45, 2.75) is 19.5 Å². The lowest BCUT2D eigenvalue weighted by molar-refractivity contribution is -0.138. The highest BCUT2D eigenvalue weighted by Crippen LogP contribution is 2.31. The van der Waals surface area contributed by atoms with Crippen molar-refractivity contribution in [3.63, 3.8) is 0 Å². The number of alkyl halides is 3. The molecule has 0 aliphatic rings. The van der Waals surface area contributed by atoms with Crippen molar-refractivity contribution in [1.82, 2.24) is 0 Å². The molecule has 0 aliphatic heterocycles. The zero-order valence-electron chi connectivity index (χ0n) is 10.1. The molecule has 0 saturated heterocycles. The Bertz CT molecular complexity index is 485. The van der Waals surface area contributed by atoms with E-state index in [1.165, 1.54) is 19.1 Å². The van der Waals surface area contributed by atoms with E-state index in [9.17, 15) is 22.8 Å². The second-order valence-electron chi connectivity index (χ2n) is 3.86. The Hall–Kier alpha value is -2.05. The van der Waals surface area contributed by atoms with E-state index in [4.69, 9.17) is 5.11 Å². The molecule has 19 heavy (non-hydrogen) atoms. The van der Waals surface area contributed by atoms with Crippen LogP contribution in [-0.2, 0) is 15.8 Å². The number of nitrogens with zero attached hydrogens (tertiary/aromatic N) is 1. The summed E-state index contributed by atoms with van der Waals surface area (Å²) in [5.74, 6) is -1.64. The fourth-order valence-electron chi connectivity index (χ4n) is 1.53. The topological polar surface area (TPSA) is 57.6 Å². The number of carboxylic acid groups (broad SMARTS) is 1. The largest absolute Gasteiger partial charge is 0.481 e. The van der Waals surface area contributed by atoms with Gasteiger partial charge in [-0.25, -0.2) is 0 Å². The van der Waals surface area contributed by atoms with Crippen molar-refractivity contribution >= 4 is 17.6 Å². The van der Waals surface area contributed by atoms with Gasteiger partial charge in [-0.2, -0.15) is 13.2 Å². The molecule has 7 heteroatoms. The summed E-state index contributed by atoms with van der Waals surface area (Å²) in [7, 11) is 0. The molecule has 0 bridgehead atoms. The van der Waals surface area contributed by atoms with Gasteiger partial charge in [0.05, 0.1) is 12.0 Å². The minimum Gasteiger partial charge on any atom is -0.481 e. The quantitative estimate of drug-likeness (QED) is 0.918. The summed E-state index contributed by atoms with van der Waals surface area (Å²) in [5, 5.41) is 8.56. The molecule has 0 saturated carbocycles. The first-order valence-corrected chi connectivity index (χ1v) is 5.39. The smallest absolute Gasteiger partial charge is 0.416 e. The molecule has 0 unspecified atom stereocenters. The number of aliphatic carboxylic acids is 1. The molecule has 1 amide bonds. The van der Waals surface area contributed by atoms with Gasteiger partial charge in [-0.1, -0.05) is 6.07 Å². The number of carbonyl (C=O) groups is 2. The van der Waals surface area contributed by atoms with Crippen molar-refractivity contribution in [2.24, 2.45) is 0 Å². The standard InChI is InChI=1S/C12H12F3NO3/c1-8(17)16(6-5-11(18)19)10-4-2-3-9(7-10)12(13,14)15/h2-4,7H,5-6H2,1H3,(H,18,19). The van der Waals surface area contributed by atoms with E-state index in [0.29, 0.717) is 0 Å². The molecule has 0 aliphatic carbocycles. The number of hydrogen-bond acceptors (Lipinski definition) is 2. The molecule has 1 aromatic carbocycles. The molecule has 0 heterocycles. The van der Waals surface area contributed by atoms with Crippen LogP contribution in [0, 0.1) is 0 Å². The summed E-state index contributed by atoms with van der Waals surface area (Å²) in [5.41, 5.74) is -0.852. The average molecular weight is 275 g/mol. The Balaban J connectivity index is 3.03. The maximum absolute atomic E-state index is 12.5. The summed E-state index contributed by atoms with van der Waals surface area (Å²) < 4.78 is 37.6. The van der Waals surface area contributed by atoms with Gasteiger partial charge in [-0.15, -0.1) is 0 Å². The number of hydrogen-bond donors (Lipinski definition) is 1. The van der Waals surface area contributed by atoms with Gasteiger partial charge in [0.2, 0.25) is 5.91 Å². The van der Waals surface area contributed by atoms with E-state index in [1.807, 2.05) is 0 Å². The van der Waals surface area contributed by atoms with Crippen LogP contribution in [-0.4, -0.2) is 23.5 Å². The zero-order chi connectivity index (χ0) is 14.6. The maximum Gasteiger partial charge on any atom is 0.416 e. The van der Waals surface area contributed by atoms with Crippen LogP contribution in [0.25, 0.3) is 0 Å². The van der Waals surface area contributed by atoms with Gasteiger partial charge in [0.1, 0.15) is 0 Å². The first-order valence-electron chi connectivity index (χ1n) is 5.39. The number of benzene rings is 1. The number of carboxylic acids is 1. The summed E-state index contributed by atoms with van der Waals surface area (Å²) >= 11 is 0. The zero-order valence-corrected chi connectivity index (χ0v) is 10.1. The Labute approximate surface area is 107 Å². The lowest BCUT2D eigenvalue weighted by Gasteiger charge is -2.21. The van der Waals surface area contributed by atoms with E-state index in [2.05, 4.69) is 0 Å². The summed E-state index contributed by atoms with van der Waals surface area (Å²) in [6.07, 6.45) is -4.85.